The summed E-state index contributed by atoms with van der Waals surface area (Å²) >= 11 is 5.89. The van der Waals surface area contributed by atoms with E-state index in [2.05, 4.69) is 15.6 Å². The molecule has 2 rings (SSSR count). The number of nitrogens with zero attached hydrogens (tertiary/aromatic N) is 1. The van der Waals surface area contributed by atoms with E-state index in [0.29, 0.717) is 23.3 Å². The van der Waals surface area contributed by atoms with Crippen molar-refractivity contribution in [2.45, 2.75) is 19.5 Å². The standard InChI is InChI=1S/C16H19ClN4O2.HI/c1-10(11-3-5-12(17)6-4-11)21-16(19-2)20-9-13-7-8-14(23-13)15(18)22;/h3-8,10H,9H2,1-2H3,(H2,18,22)(H2,19,20,21);1H. The van der Waals surface area contributed by atoms with Gasteiger partial charge in [0.15, 0.2) is 11.7 Å². The minimum atomic E-state index is -0.588. The number of nitrogens with one attached hydrogen (secondary N) is 2. The van der Waals surface area contributed by atoms with E-state index < -0.39 is 5.91 Å². The van der Waals surface area contributed by atoms with Crippen molar-refractivity contribution in [3.05, 3.63) is 58.5 Å². The molecule has 1 unspecified atom stereocenters. The third-order valence-electron chi connectivity index (χ3n) is 3.28. The topological polar surface area (TPSA) is 92.6 Å². The number of nitrogens with two attached hydrogens (primary N) is 1. The molecule has 1 heterocycles. The van der Waals surface area contributed by atoms with Gasteiger partial charge in [-0.2, -0.15) is 0 Å². The molecule has 4 N–H and O–H groups in total. The Bertz CT molecular complexity index is 700. The average molecular weight is 463 g/mol. The van der Waals surface area contributed by atoms with Crippen molar-refractivity contribution in [3.63, 3.8) is 0 Å². The van der Waals surface area contributed by atoms with Gasteiger partial charge in [0, 0.05) is 12.1 Å². The number of aliphatic imine (C=N–C) groups is 1. The molecular formula is C16H20ClIN4O2. The van der Waals surface area contributed by atoms with Crippen LogP contribution in [0.4, 0.5) is 0 Å². The quantitative estimate of drug-likeness (QED) is 0.362. The summed E-state index contributed by atoms with van der Waals surface area (Å²) in [7, 11) is 1.68. The largest absolute Gasteiger partial charge is 0.454 e. The number of amides is 1. The summed E-state index contributed by atoms with van der Waals surface area (Å²) in [4.78, 5) is 15.2. The van der Waals surface area contributed by atoms with Gasteiger partial charge in [-0.25, -0.2) is 0 Å². The van der Waals surface area contributed by atoms with Crippen molar-refractivity contribution in [1.29, 1.82) is 0 Å². The molecule has 0 radical (unpaired) electrons. The van der Waals surface area contributed by atoms with E-state index >= 15 is 0 Å². The number of hydrogen-bond donors (Lipinski definition) is 3. The highest BCUT2D eigenvalue weighted by Gasteiger charge is 2.10. The summed E-state index contributed by atoms with van der Waals surface area (Å²) in [5.74, 6) is 0.764. The molecule has 1 atom stereocenters. The summed E-state index contributed by atoms with van der Waals surface area (Å²) in [6.07, 6.45) is 0. The summed E-state index contributed by atoms with van der Waals surface area (Å²) in [5, 5.41) is 7.08. The van der Waals surface area contributed by atoms with Crippen molar-refractivity contribution < 1.29 is 9.21 Å². The second-order valence-corrected chi connectivity index (χ2v) is 5.41. The predicted molar refractivity (Wildman–Crippen MR) is 106 cm³/mol. The lowest BCUT2D eigenvalue weighted by Crippen LogP contribution is -2.38. The van der Waals surface area contributed by atoms with Gasteiger partial charge in [-0.3, -0.25) is 9.79 Å². The molecule has 1 amide bonds. The number of benzene rings is 1. The lowest BCUT2D eigenvalue weighted by Gasteiger charge is -2.18. The zero-order chi connectivity index (χ0) is 16.8. The maximum Gasteiger partial charge on any atom is 0.284 e. The Labute approximate surface area is 162 Å². The first-order chi connectivity index (χ1) is 11.0. The molecule has 1 aromatic heterocycles. The molecule has 2 aromatic rings. The second kappa shape index (κ2) is 9.53. The Kier molecular flexibility index (Phi) is 8.06. The Balaban J connectivity index is 0.00000288. The highest BCUT2D eigenvalue weighted by Crippen LogP contribution is 2.16. The molecular weight excluding hydrogens is 443 g/mol. The smallest absolute Gasteiger partial charge is 0.284 e. The van der Waals surface area contributed by atoms with E-state index in [1.54, 1.807) is 19.2 Å². The van der Waals surface area contributed by atoms with Gasteiger partial charge < -0.3 is 20.8 Å². The first-order valence-electron chi connectivity index (χ1n) is 7.10. The maximum atomic E-state index is 11.0. The molecule has 0 fully saturated rings. The molecule has 130 valence electrons. The Morgan fingerprint density at radius 3 is 2.50 bits per heavy atom. The van der Waals surface area contributed by atoms with Gasteiger partial charge in [-0.05, 0) is 36.8 Å². The number of guanidine groups is 1. The van der Waals surface area contributed by atoms with Crippen LogP contribution in [0.2, 0.25) is 5.02 Å². The van der Waals surface area contributed by atoms with E-state index in [9.17, 15) is 4.79 Å². The predicted octanol–water partition coefficient (Wildman–Crippen LogP) is 3.08. The number of primary amides is 1. The van der Waals surface area contributed by atoms with Gasteiger partial charge in [-0.1, -0.05) is 23.7 Å². The second-order valence-electron chi connectivity index (χ2n) is 4.97. The Morgan fingerprint density at radius 1 is 1.29 bits per heavy atom. The van der Waals surface area contributed by atoms with Gasteiger partial charge in [0.1, 0.15) is 5.76 Å². The monoisotopic (exact) mass is 462 g/mol. The van der Waals surface area contributed by atoms with E-state index in [4.69, 9.17) is 21.8 Å². The van der Waals surface area contributed by atoms with Crippen molar-refractivity contribution >= 4 is 47.4 Å². The van der Waals surface area contributed by atoms with Crippen LogP contribution >= 0.6 is 35.6 Å². The molecule has 0 bridgehead atoms. The van der Waals surface area contributed by atoms with Crippen LogP contribution in [0.15, 0.2) is 45.8 Å². The van der Waals surface area contributed by atoms with Gasteiger partial charge in [-0.15, -0.1) is 24.0 Å². The van der Waals surface area contributed by atoms with E-state index in [-0.39, 0.29) is 35.8 Å². The van der Waals surface area contributed by atoms with Crippen LogP contribution in [0.3, 0.4) is 0 Å². The van der Waals surface area contributed by atoms with Crippen LogP contribution in [0, 0.1) is 0 Å². The van der Waals surface area contributed by atoms with Crippen LogP contribution in [0.5, 0.6) is 0 Å². The molecule has 1 aromatic carbocycles. The lowest BCUT2D eigenvalue weighted by molar-refractivity contribution is 0.0972. The van der Waals surface area contributed by atoms with Crippen LogP contribution < -0.4 is 16.4 Å². The zero-order valence-electron chi connectivity index (χ0n) is 13.4. The number of carbonyl (C=O) groups is 1. The van der Waals surface area contributed by atoms with Crippen molar-refractivity contribution in [2.24, 2.45) is 10.7 Å². The van der Waals surface area contributed by atoms with Gasteiger partial charge in [0.25, 0.3) is 5.91 Å². The maximum absolute atomic E-state index is 11.0. The Hall–Kier alpha value is -1.74. The summed E-state index contributed by atoms with van der Waals surface area (Å²) in [5.41, 5.74) is 6.24. The van der Waals surface area contributed by atoms with Crippen molar-refractivity contribution in [2.75, 3.05) is 7.05 Å². The summed E-state index contributed by atoms with van der Waals surface area (Å²) < 4.78 is 5.31. The number of rotatable bonds is 5. The van der Waals surface area contributed by atoms with Crippen molar-refractivity contribution in [1.82, 2.24) is 10.6 Å². The molecule has 0 saturated carbocycles. The Morgan fingerprint density at radius 2 is 1.96 bits per heavy atom. The third-order valence-corrected chi connectivity index (χ3v) is 3.53. The molecule has 0 spiro atoms. The SMILES string of the molecule is CN=C(NCc1ccc(C(N)=O)o1)NC(C)c1ccc(Cl)cc1.I. The molecule has 24 heavy (non-hydrogen) atoms. The van der Waals surface area contributed by atoms with E-state index in [1.165, 1.54) is 0 Å². The molecule has 0 aliphatic heterocycles. The number of hydrogen-bond acceptors (Lipinski definition) is 3. The van der Waals surface area contributed by atoms with Gasteiger partial charge >= 0.3 is 0 Å². The normalized spacial score (nSPS) is 12.2. The molecule has 0 saturated heterocycles. The van der Waals surface area contributed by atoms with Gasteiger partial charge in [0.05, 0.1) is 12.6 Å². The third kappa shape index (κ3) is 5.72. The minimum absolute atomic E-state index is 0. The summed E-state index contributed by atoms with van der Waals surface area (Å²) in [6.45, 7) is 2.41. The van der Waals surface area contributed by atoms with Crippen LogP contribution in [0.1, 0.15) is 34.8 Å². The van der Waals surface area contributed by atoms with Gasteiger partial charge in [0.2, 0.25) is 0 Å². The highest BCUT2D eigenvalue weighted by atomic mass is 127. The average Bonchev–Trinajstić information content (AvgIpc) is 3.01. The summed E-state index contributed by atoms with van der Waals surface area (Å²) in [6, 6.07) is 10.9. The van der Waals surface area contributed by atoms with Crippen molar-refractivity contribution in [3.8, 4) is 0 Å². The van der Waals surface area contributed by atoms with E-state index in [0.717, 1.165) is 5.56 Å². The fourth-order valence-electron chi connectivity index (χ4n) is 2.01. The molecule has 6 nitrogen and oxygen atoms in total. The molecule has 8 heteroatoms. The van der Waals surface area contributed by atoms with Crippen LogP contribution in [0.25, 0.3) is 0 Å². The first kappa shape index (κ1) is 20.3. The number of carbonyl (C=O) groups excluding carboxylic acids is 1. The lowest BCUT2D eigenvalue weighted by atomic mass is 10.1. The fraction of sp³-hybridized carbons (Fsp3) is 0.250. The van der Waals surface area contributed by atoms with E-state index in [1.807, 2.05) is 31.2 Å². The fourth-order valence-corrected chi connectivity index (χ4v) is 2.14. The molecule has 0 aliphatic carbocycles. The zero-order valence-corrected chi connectivity index (χ0v) is 16.5. The minimum Gasteiger partial charge on any atom is -0.454 e. The number of halogens is 2. The number of furan rings is 1. The first-order valence-corrected chi connectivity index (χ1v) is 7.48. The highest BCUT2D eigenvalue weighted by molar-refractivity contribution is 14.0. The molecule has 0 aliphatic rings. The van der Waals surface area contributed by atoms with Crippen LogP contribution in [-0.2, 0) is 6.54 Å². The van der Waals surface area contributed by atoms with Crippen LogP contribution in [-0.4, -0.2) is 18.9 Å².